The highest BCUT2D eigenvalue weighted by atomic mass is 32.1. The zero-order valence-electron chi connectivity index (χ0n) is 16.8. The lowest BCUT2D eigenvalue weighted by Gasteiger charge is -2.36. The van der Waals surface area contributed by atoms with Gasteiger partial charge in [0.2, 0.25) is 0 Å². The number of hydrogen-bond acceptors (Lipinski definition) is 7. The van der Waals surface area contributed by atoms with Crippen molar-refractivity contribution in [3.8, 4) is 10.7 Å². The largest absolute Gasteiger partial charge is 0.368 e. The van der Waals surface area contributed by atoms with E-state index in [4.69, 9.17) is 14.7 Å². The number of nitrogens with zero attached hydrogens (tertiary/aromatic N) is 4. The summed E-state index contributed by atoms with van der Waals surface area (Å²) in [7, 11) is 0. The first kappa shape index (κ1) is 18.7. The van der Waals surface area contributed by atoms with Crippen LogP contribution < -0.4 is 4.90 Å². The molecule has 6 nitrogen and oxygen atoms in total. The first-order chi connectivity index (χ1) is 14.8. The second-order valence-electron chi connectivity index (χ2n) is 8.20. The van der Waals surface area contributed by atoms with Crippen LogP contribution in [-0.4, -0.2) is 59.7 Å². The Bertz CT molecular complexity index is 1080. The van der Waals surface area contributed by atoms with Crippen molar-refractivity contribution in [3.63, 3.8) is 0 Å². The monoisotopic (exact) mass is 440 g/mol. The summed E-state index contributed by atoms with van der Waals surface area (Å²) in [5.41, 5.74) is 1.46. The molecule has 2 aliphatic heterocycles. The number of carbonyl (C=O) groups excluding carboxylic acids is 1. The Hall–Kier alpha value is -2.03. The molecule has 2 fully saturated rings. The van der Waals surface area contributed by atoms with Crippen molar-refractivity contribution in [2.24, 2.45) is 0 Å². The SMILES string of the molecule is O=C(C1CCCO1)N1CCN(c2nc(-c3cccs3)nc3sc4c(c23)CCC4)CC1. The first-order valence-corrected chi connectivity index (χ1v) is 12.5. The number of thiophene rings is 2. The number of fused-ring (bicyclic) bond motifs is 3. The lowest BCUT2D eigenvalue weighted by Crippen LogP contribution is -2.51. The van der Waals surface area contributed by atoms with Gasteiger partial charge in [0.05, 0.1) is 10.3 Å². The Balaban J connectivity index is 1.32. The normalized spacial score (nSPS) is 21.5. The summed E-state index contributed by atoms with van der Waals surface area (Å²) in [6.07, 6.45) is 5.14. The summed E-state index contributed by atoms with van der Waals surface area (Å²) in [4.78, 5) is 30.8. The Labute approximate surface area is 183 Å². The molecule has 0 N–H and O–H groups in total. The van der Waals surface area contributed by atoms with Gasteiger partial charge in [0.15, 0.2) is 5.82 Å². The molecule has 1 aliphatic carbocycles. The van der Waals surface area contributed by atoms with E-state index >= 15 is 0 Å². The van der Waals surface area contributed by atoms with E-state index in [-0.39, 0.29) is 12.0 Å². The first-order valence-electron chi connectivity index (χ1n) is 10.8. The summed E-state index contributed by atoms with van der Waals surface area (Å²) < 4.78 is 5.61. The van der Waals surface area contributed by atoms with Gasteiger partial charge in [-0.1, -0.05) is 6.07 Å². The van der Waals surface area contributed by atoms with E-state index in [0.717, 1.165) is 73.2 Å². The van der Waals surface area contributed by atoms with Crippen molar-refractivity contribution in [2.45, 2.75) is 38.2 Å². The van der Waals surface area contributed by atoms with Crippen LogP contribution >= 0.6 is 22.7 Å². The maximum absolute atomic E-state index is 12.7. The zero-order chi connectivity index (χ0) is 20.1. The highest BCUT2D eigenvalue weighted by Crippen LogP contribution is 2.42. The maximum atomic E-state index is 12.7. The number of hydrogen-bond donors (Lipinski definition) is 0. The van der Waals surface area contributed by atoms with Crippen LogP contribution in [0.15, 0.2) is 17.5 Å². The van der Waals surface area contributed by atoms with Crippen LogP contribution in [0.4, 0.5) is 5.82 Å². The van der Waals surface area contributed by atoms with Crippen molar-refractivity contribution in [2.75, 3.05) is 37.7 Å². The van der Waals surface area contributed by atoms with Crippen molar-refractivity contribution in [1.82, 2.24) is 14.9 Å². The summed E-state index contributed by atoms with van der Waals surface area (Å²) in [5.74, 6) is 2.05. The Kier molecular flexibility index (Phi) is 4.73. The molecule has 1 unspecified atom stereocenters. The number of ether oxygens (including phenoxy) is 1. The Morgan fingerprint density at radius 3 is 2.80 bits per heavy atom. The molecule has 30 heavy (non-hydrogen) atoms. The second kappa shape index (κ2) is 7.59. The molecule has 3 aromatic heterocycles. The molecule has 3 aliphatic rings. The van der Waals surface area contributed by atoms with E-state index in [2.05, 4.69) is 22.4 Å². The lowest BCUT2D eigenvalue weighted by atomic mass is 10.1. The van der Waals surface area contributed by atoms with Crippen LogP contribution in [0.1, 0.15) is 29.7 Å². The van der Waals surface area contributed by atoms with E-state index in [1.165, 1.54) is 22.2 Å². The molecule has 3 aromatic rings. The molecule has 8 heteroatoms. The zero-order valence-corrected chi connectivity index (χ0v) is 18.4. The van der Waals surface area contributed by atoms with Crippen molar-refractivity contribution in [1.29, 1.82) is 0 Å². The quantitative estimate of drug-likeness (QED) is 0.621. The van der Waals surface area contributed by atoms with Crippen LogP contribution in [0.3, 0.4) is 0 Å². The van der Waals surface area contributed by atoms with Crippen molar-refractivity contribution >= 4 is 44.6 Å². The standard InChI is InChI=1S/C22H24N4O2S2/c27-22(15-5-2-12-28-15)26-10-8-25(9-11-26)20-18-14-4-1-6-16(14)30-21(18)24-19(23-20)17-7-3-13-29-17/h3,7,13,15H,1-2,4-6,8-12H2. The topological polar surface area (TPSA) is 58.6 Å². The molecule has 0 saturated carbocycles. The van der Waals surface area contributed by atoms with Crippen LogP contribution in [0.25, 0.3) is 20.9 Å². The highest BCUT2D eigenvalue weighted by Gasteiger charge is 2.32. The van der Waals surface area contributed by atoms with Gasteiger partial charge in [-0.05, 0) is 49.1 Å². The van der Waals surface area contributed by atoms with Gasteiger partial charge in [-0.25, -0.2) is 9.97 Å². The fraction of sp³-hybridized carbons (Fsp3) is 0.500. The molecule has 6 rings (SSSR count). The molecule has 2 saturated heterocycles. The molecule has 5 heterocycles. The number of aryl methyl sites for hydroxylation is 2. The Morgan fingerprint density at radius 2 is 2.03 bits per heavy atom. The molecule has 0 aromatic carbocycles. The van der Waals surface area contributed by atoms with E-state index in [0.29, 0.717) is 6.61 Å². The van der Waals surface area contributed by atoms with Crippen LogP contribution in [0.2, 0.25) is 0 Å². The number of rotatable bonds is 3. The van der Waals surface area contributed by atoms with E-state index in [9.17, 15) is 4.79 Å². The predicted octanol–water partition coefficient (Wildman–Crippen LogP) is 3.74. The van der Waals surface area contributed by atoms with Crippen LogP contribution in [0.5, 0.6) is 0 Å². The van der Waals surface area contributed by atoms with Gasteiger partial charge in [0, 0.05) is 37.7 Å². The molecule has 156 valence electrons. The highest BCUT2D eigenvalue weighted by molar-refractivity contribution is 7.19. The summed E-state index contributed by atoms with van der Waals surface area (Å²) in [6, 6.07) is 4.15. The maximum Gasteiger partial charge on any atom is 0.251 e. The molecule has 0 radical (unpaired) electrons. The molecule has 1 atom stereocenters. The average molecular weight is 441 g/mol. The van der Waals surface area contributed by atoms with Gasteiger partial charge < -0.3 is 14.5 Å². The fourth-order valence-corrected chi connectivity index (χ4v) is 6.75. The lowest BCUT2D eigenvalue weighted by molar-refractivity contribution is -0.141. The summed E-state index contributed by atoms with van der Waals surface area (Å²) >= 11 is 3.53. The van der Waals surface area contributed by atoms with E-state index in [1.54, 1.807) is 11.3 Å². The number of amides is 1. The minimum absolute atomic E-state index is 0.163. The third-order valence-corrected chi connectivity index (χ3v) is 8.43. The fourth-order valence-electron chi connectivity index (χ4n) is 4.84. The van der Waals surface area contributed by atoms with Gasteiger partial charge in [0.25, 0.3) is 5.91 Å². The molecular formula is C22H24N4O2S2. The van der Waals surface area contributed by atoms with Gasteiger partial charge in [0.1, 0.15) is 16.8 Å². The Morgan fingerprint density at radius 1 is 1.13 bits per heavy atom. The van der Waals surface area contributed by atoms with Crippen molar-refractivity contribution < 1.29 is 9.53 Å². The van der Waals surface area contributed by atoms with E-state index in [1.807, 2.05) is 16.2 Å². The number of piperazine rings is 1. The average Bonchev–Trinajstić information content (AvgIpc) is 3.57. The third-order valence-electron chi connectivity index (χ3n) is 6.38. The third kappa shape index (κ3) is 3.13. The summed E-state index contributed by atoms with van der Waals surface area (Å²) in [5, 5.41) is 3.33. The minimum atomic E-state index is -0.229. The number of aromatic nitrogens is 2. The predicted molar refractivity (Wildman–Crippen MR) is 121 cm³/mol. The van der Waals surface area contributed by atoms with Gasteiger partial charge in [-0.3, -0.25) is 4.79 Å². The van der Waals surface area contributed by atoms with Gasteiger partial charge >= 0.3 is 0 Å². The minimum Gasteiger partial charge on any atom is -0.368 e. The van der Waals surface area contributed by atoms with Crippen LogP contribution in [0, 0.1) is 0 Å². The molecule has 0 spiro atoms. The number of carbonyl (C=O) groups is 1. The molecule has 0 bridgehead atoms. The second-order valence-corrected chi connectivity index (χ2v) is 10.2. The van der Waals surface area contributed by atoms with Crippen LogP contribution in [-0.2, 0) is 22.4 Å². The van der Waals surface area contributed by atoms with Gasteiger partial charge in [-0.15, -0.1) is 22.7 Å². The smallest absolute Gasteiger partial charge is 0.251 e. The molecule has 1 amide bonds. The van der Waals surface area contributed by atoms with E-state index < -0.39 is 0 Å². The van der Waals surface area contributed by atoms with Crippen molar-refractivity contribution in [3.05, 3.63) is 28.0 Å². The van der Waals surface area contributed by atoms with Gasteiger partial charge in [-0.2, -0.15) is 0 Å². The molecular weight excluding hydrogens is 416 g/mol. The summed E-state index contributed by atoms with van der Waals surface area (Å²) in [6.45, 7) is 3.78. The number of anilines is 1.